The quantitative estimate of drug-likeness (QED) is 0.265. The minimum atomic E-state index is 0.457. The van der Waals surface area contributed by atoms with E-state index in [1.165, 1.54) is 16.7 Å². The summed E-state index contributed by atoms with van der Waals surface area (Å²) in [5, 5.41) is 11.4. The number of aromatic amines is 1. The van der Waals surface area contributed by atoms with Crippen molar-refractivity contribution in [3.8, 4) is 0 Å². The smallest absolute Gasteiger partial charge is 0.184 e. The molecule has 0 unspecified atom stereocenters. The lowest BCUT2D eigenvalue weighted by Gasteiger charge is -2.09. The highest BCUT2D eigenvalue weighted by Crippen LogP contribution is 2.25. The monoisotopic (exact) mass is 572 g/mol. The van der Waals surface area contributed by atoms with Gasteiger partial charge in [-0.25, -0.2) is 25.0 Å². The van der Waals surface area contributed by atoms with Gasteiger partial charge in [-0.3, -0.25) is 0 Å². The van der Waals surface area contributed by atoms with E-state index in [1.807, 2.05) is 48.5 Å². The van der Waals surface area contributed by atoms with Gasteiger partial charge in [0.15, 0.2) is 29.2 Å². The number of hydrogen-bond acceptors (Lipinski definition) is 7. The van der Waals surface area contributed by atoms with Gasteiger partial charge < -0.3 is 4.98 Å². The van der Waals surface area contributed by atoms with Gasteiger partial charge in [-0.05, 0) is 80.6 Å². The third-order valence-electron chi connectivity index (χ3n) is 8.59. The Morgan fingerprint density at radius 1 is 0.386 bits per heavy atom. The van der Waals surface area contributed by atoms with Crippen molar-refractivity contribution in [3.05, 3.63) is 139 Å². The zero-order valence-electron chi connectivity index (χ0n) is 25.1. The molecule has 0 amide bonds. The van der Waals surface area contributed by atoms with Gasteiger partial charge in [-0.1, -0.05) is 54.6 Å². The van der Waals surface area contributed by atoms with E-state index in [2.05, 4.69) is 63.9 Å². The minimum absolute atomic E-state index is 0.457. The summed E-state index contributed by atoms with van der Waals surface area (Å²) in [6, 6.07) is 24.6. The number of benzene rings is 4. The molecule has 0 aliphatic carbocycles. The first-order chi connectivity index (χ1) is 21.3. The molecule has 5 aromatic rings. The van der Waals surface area contributed by atoms with E-state index in [9.17, 15) is 0 Å². The second-order valence-corrected chi connectivity index (χ2v) is 11.5. The van der Waals surface area contributed by atoms with E-state index in [0.717, 1.165) is 49.7 Å². The molecule has 212 valence electrons. The number of fused-ring (bicyclic) bond motifs is 13. The van der Waals surface area contributed by atoms with Crippen LogP contribution in [0.3, 0.4) is 0 Å². The van der Waals surface area contributed by atoms with Crippen LogP contribution in [0.25, 0.3) is 10.8 Å². The number of amidine groups is 5. The molecule has 44 heavy (non-hydrogen) atoms. The first-order valence-corrected chi connectivity index (χ1v) is 14.6. The molecule has 0 saturated heterocycles. The highest BCUT2D eigenvalue weighted by Gasteiger charge is 2.25. The van der Waals surface area contributed by atoms with Crippen molar-refractivity contribution < 1.29 is 0 Å². The molecule has 0 saturated carbocycles. The van der Waals surface area contributed by atoms with Crippen LogP contribution in [0, 0.1) is 34.6 Å². The summed E-state index contributed by atoms with van der Waals surface area (Å²) >= 11 is 0. The molecule has 4 heterocycles. The minimum Gasteiger partial charge on any atom is -0.324 e. The Bertz CT molecular complexity index is 2380. The molecule has 8 heteroatoms. The van der Waals surface area contributed by atoms with Crippen molar-refractivity contribution in [2.75, 3.05) is 0 Å². The van der Waals surface area contributed by atoms with Gasteiger partial charge in [0.1, 0.15) is 11.0 Å². The number of rotatable bonds is 1. The first-order valence-electron chi connectivity index (χ1n) is 14.6. The van der Waals surface area contributed by atoms with Crippen LogP contribution in [0.15, 0.2) is 108 Å². The second-order valence-electron chi connectivity index (χ2n) is 11.5. The molecule has 8 nitrogen and oxygen atoms in total. The zero-order chi connectivity index (χ0) is 30.1. The highest BCUT2D eigenvalue weighted by atomic mass is 15.3. The Morgan fingerprint density at radius 2 is 0.773 bits per heavy atom. The van der Waals surface area contributed by atoms with E-state index >= 15 is 0 Å². The van der Waals surface area contributed by atoms with E-state index in [4.69, 9.17) is 35.2 Å². The fraction of sp³-hybridized carbons (Fsp3) is 0.139. The molecule has 3 aliphatic rings. The predicted molar refractivity (Wildman–Crippen MR) is 176 cm³/mol. The number of nitrogens with zero attached hydrogens (tertiary/aromatic N) is 7. The molecule has 0 spiro atoms. The van der Waals surface area contributed by atoms with Gasteiger partial charge >= 0.3 is 0 Å². The SMILES string of the molecule is Cc1cc(C)c(C2=N/N=C3N=C(/N=c4\[nH]/c(c5cc(C)c(C)cc45)=N\C4=NC(=N\2)/c2ccccc24)c2ccccc2\3)cc1C. The van der Waals surface area contributed by atoms with Crippen molar-refractivity contribution in [1.29, 1.82) is 0 Å². The van der Waals surface area contributed by atoms with Crippen molar-refractivity contribution in [3.63, 3.8) is 0 Å². The standard InChI is InChI=1S/C36H28N8/c1-18-14-22(5)27(15-19(18)2)36-42-31-24-11-7-6-10-23(24)30(37-31)38-33-28-16-20(3)21(4)17-29(28)34(40-33)39-32-25-12-8-9-13-26(25)35(41-32)43-44-36/h6-17H,1-5H3,(H,37,38,39,40,41,42,43,44). The maximum atomic E-state index is 5.09. The average molecular weight is 573 g/mol. The lowest BCUT2D eigenvalue weighted by molar-refractivity contribution is 1.15. The van der Waals surface area contributed by atoms with Gasteiger partial charge in [0, 0.05) is 38.6 Å². The van der Waals surface area contributed by atoms with Crippen LogP contribution in [0.2, 0.25) is 0 Å². The van der Waals surface area contributed by atoms with Crippen molar-refractivity contribution in [2.24, 2.45) is 35.2 Å². The Hall–Kier alpha value is -5.63. The molecule has 1 aromatic heterocycles. The molecule has 4 aromatic carbocycles. The van der Waals surface area contributed by atoms with Crippen LogP contribution < -0.4 is 11.0 Å². The fourth-order valence-electron chi connectivity index (χ4n) is 5.90. The number of aryl methyl sites for hydroxylation is 5. The van der Waals surface area contributed by atoms with Gasteiger partial charge in [-0.2, -0.15) is 0 Å². The van der Waals surface area contributed by atoms with Crippen molar-refractivity contribution >= 4 is 40.0 Å². The molecule has 6 bridgehead atoms. The Morgan fingerprint density at radius 3 is 1.30 bits per heavy atom. The molecule has 3 aliphatic heterocycles. The highest BCUT2D eigenvalue weighted by molar-refractivity contribution is 6.26. The van der Waals surface area contributed by atoms with Crippen LogP contribution in [0.4, 0.5) is 0 Å². The fourth-order valence-corrected chi connectivity index (χ4v) is 5.90. The zero-order valence-corrected chi connectivity index (χ0v) is 25.1. The number of aliphatic imine (C=N–C) groups is 3. The summed E-state index contributed by atoms with van der Waals surface area (Å²) in [7, 11) is 0. The van der Waals surface area contributed by atoms with Crippen LogP contribution in [0.1, 0.15) is 55.6 Å². The first kappa shape index (κ1) is 26.0. The summed E-state index contributed by atoms with van der Waals surface area (Å²) in [4.78, 5) is 28.5. The summed E-state index contributed by atoms with van der Waals surface area (Å²) < 4.78 is 0. The summed E-state index contributed by atoms with van der Waals surface area (Å²) in [5.41, 5.74) is 11.6. The predicted octanol–water partition coefficient (Wildman–Crippen LogP) is 5.74. The van der Waals surface area contributed by atoms with Crippen molar-refractivity contribution in [2.45, 2.75) is 34.6 Å². The molecular weight excluding hydrogens is 544 g/mol. The van der Waals surface area contributed by atoms with Crippen LogP contribution >= 0.6 is 0 Å². The summed E-state index contributed by atoms with van der Waals surface area (Å²) in [6.45, 7) is 10.5. The summed E-state index contributed by atoms with van der Waals surface area (Å²) in [6.07, 6.45) is 0. The second kappa shape index (κ2) is 9.70. The topological polar surface area (TPSA) is 102 Å². The Kier molecular flexibility index (Phi) is 5.74. The third-order valence-corrected chi connectivity index (χ3v) is 8.59. The van der Waals surface area contributed by atoms with Crippen LogP contribution in [0.5, 0.6) is 0 Å². The Labute approximate surface area is 253 Å². The lowest BCUT2D eigenvalue weighted by Crippen LogP contribution is -2.15. The number of aromatic nitrogens is 1. The van der Waals surface area contributed by atoms with Gasteiger partial charge in [-0.15, -0.1) is 10.2 Å². The van der Waals surface area contributed by atoms with Gasteiger partial charge in [0.2, 0.25) is 0 Å². The summed E-state index contributed by atoms with van der Waals surface area (Å²) in [5.74, 6) is 2.62. The van der Waals surface area contributed by atoms with Crippen LogP contribution in [-0.4, -0.2) is 34.2 Å². The van der Waals surface area contributed by atoms with Crippen LogP contribution in [-0.2, 0) is 0 Å². The maximum Gasteiger partial charge on any atom is 0.184 e. The average Bonchev–Trinajstić information content (AvgIpc) is 3.65. The van der Waals surface area contributed by atoms with Gasteiger partial charge in [0.05, 0.1) is 0 Å². The van der Waals surface area contributed by atoms with E-state index in [1.54, 1.807) is 0 Å². The van der Waals surface area contributed by atoms with Gasteiger partial charge in [0.25, 0.3) is 0 Å². The lowest BCUT2D eigenvalue weighted by atomic mass is 10.00. The number of H-pyrrole nitrogens is 1. The number of hydrogen-bond donors (Lipinski definition) is 1. The van der Waals surface area contributed by atoms with Crippen molar-refractivity contribution in [1.82, 2.24) is 4.98 Å². The molecule has 1 N–H and O–H groups in total. The number of nitrogens with one attached hydrogen (secondary N) is 1. The molecule has 0 radical (unpaired) electrons. The maximum absolute atomic E-state index is 5.09. The van der Waals surface area contributed by atoms with E-state index in [0.29, 0.717) is 40.2 Å². The largest absolute Gasteiger partial charge is 0.324 e. The molecular formula is C36H28N8. The van der Waals surface area contributed by atoms with E-state index in [-0.39, 0.29) is 0 Å². The third kappa shape index (κ3) is 4.10. The van der Waals surface area contributed by atoms with E-state index < -0.39 is 0 Å². The molecule has 8 rings (SSSR count). The molecule has 0 atom stereocenters. The normalized spacial score (nSPS) is 20.2. The molecule has 0 fully saturated rings. The Balaban J connectivity index is 1.49.